The molecular formula is C12H16Cl2N2O2S. The van der Waals surface area contributed by atoms with Gasteiger partial charge in [-0.3, -0.25) is 0 Å². The summed E-state index contributed by atoms with van der Waals surface area (Å²) in [4.78, 5) is -0.0608. The second-order valence-electron chi connectivity index (χ2n) is 5.06. The van der Waals surface area contributed by atoms with Gasteiger partial charge in [0.15, 0.2) is 0 Å². The summed E-state index contributed by atoms with van der Waals surface area (Å²) in [5.41, 5.74) is 5.82. The molecule has 19 heavy (non-hydrogen) atoms. The molecule has 106 valence electrons. The average molecular weight is 323 g/mol. The van der Waals surface area contributed by atoms with Crippen LogP contribution in [0, 0.1) is 11.8 Å². The molecule has 0 aromatic heterocycles. The van der Waals surface area contributed by atoms with Crippen LogP contribution < -0.4 is 5.73 Å². The Morgan fingerprint density at radius 1 is 1.42 bits per heavy atom. The first kappa shape index (κ1) is 14.9. The molecule has 1 aliphatic carbocycles. The number of sulfonamides is 1. The highest BCUT2D eigenvalue weighted by Gasteiger charge is 2.37. The summed E-state index contributed by atoms with van der Waals surface area (Å²) in [6.45, 7) is 2.59. The quantitative estimate of drug-likeness (QED) is 0.867. The molecule has 1 aromatic rings. The van der Waals surface area contributed by atoms with Crippen molar-refractivity contribution in [1.82, 2.24) is 4.31 Å². The van der Waals surface area contributed by atoms with Crippen LogP contribution in [0.15, 0.2) is 17.0 Å². The lowest BCUT2D eigenvalue weighted by molar-refractivity contribution is 0.445. The average Bonchev–Trinajstić information content (AvgIpc) is 2.91. The third-order valence-corrected chi connectivity index (χ3v) is 6.04. The van der Waals surface area contributed by atoms with Crippen LogP contribution in [-0.2, 0) is 10.0 Å². The molecule has 2 N–H and O–H groups in total. The number of hydrogen-bond acceptors (Lipinski definition) is 3. The number of anilines is 1. The van der Waals surface area contributed by atoms with Gasteiger partial charge in [0.05, 0.1) is 10.7 Å². The van der Waals surface area contributed by atoms with Gasteiger partial charge in [-0.05, 0) is 30.4 Å². The molecule has 2 atom stereocenters. The van der Waals surface area contributed by atoms with Gasteiger partial charge in [-0.1, -0.05) is 30.1 Å². The van der Waals surface area contributed by atoms with Crippen molar-refractivity contribution in [2.24, 2.45) is 11.8 Å². The summed E-state index contributed by atoms with van der Waals surface area (Å²) >= 11 is 11.8. The Morgan fingerprint density at radius 2 is 2.00 bits per heavy atom. The minimum atomic E-state index is -3.68. The van der Waals surface area contributed by atoms with Crippen LogP contribution >= 0.6 is 23.2 Å². The standard InChI is InChI=1S/C12H16Cl2N2O2S/c1-7-3-8(7)6-16(2)19(17,18)12-10(14)4-9(13)5-11(12)15/h4-5,7-8H,3,6,15H2,1-2H3. The molecule has 0 saturated heterocycles. The number of rotatable bonds is 4. The van der Waals surface area contributed by atoms with E-state index in [-0.39, 0.29) is 15.6 Å². The molecule has 1 aromatic carbocycles. The maximum atomic E-state index is 12.5. The molecule has 7 heteroatoms. The van der Waals surface area contributed by atoms with Gasteiger partial charge in [0.25, 0.3) is 0 Å². The summed E-state index contributed by atoms with van der Waals surface area (Å²) in [6, 6.07) is 2.79. The second-order valence-corrected chi connectivity index (χ2v) is 7.89. The number of halogens is 2. The largest absolute Gasteiger partial charge is 0.398 e. The highest BCUT2D eigenvalue weighted by atomic mass is 35.5. The topological polar surface area (TPSA) is 63.4 Å². The Bertz CT molecular complexity index is 581. The summed E-state index contributed by atoms with van der Waals surface area (Å²) in [5.74, 6) is 1.00. The molecule has 0 amide bonds. The smallest absolute Gasteiger partial charge is 0.246 e. The zero-order valence-electron chi connectivity index (χ0n) is 10.7. The van der Waals surface area contributed by atoms with E-state index < -0.39 is 10.0 Å². The van der Waals surface area contributed by atoms with Gasteiger partial charge in [-0.2, -0.15) is 0 Å². The van der Waals surface area contributed by atoms with Crippen molar-refractivity contribution in [2.45, 2.75) is 18.2 Å². The summed E-state index contributed by atoms with van der Waals surface area (Å²) in [6.07, 6.45) is 1.06. The lowest BCUT2D eigenvalue weighted by Crippen LogP contribution is -2.30. The number of nitrogen functional groups attached to an aromatic ring is 1. The van der Waals surface area contributed by atoms with Crippen molar-refractivity contribution >= 4 is 38.9 Å². The molecule has 0 spiro atoms. The van der Waals surface area contributed by atoms with Crippen molar-refractivity contribution in [1.29, 1.82) is 0 Å². The van der Waals surface area contributed by atoms with Gasteiger partial charge in [-0.15, -0.1) is 0 Å². The minimum absolute atomic E-state index is 0.0562. The number of nitrogens with two attached hydrogens (primary N) is 1. The predicted octanol–water partition coefficient (Wildman–Crippen LogP) is 2.85. The molecule has 1 saturated carbocycles. The van der Waals surface area contributed by atoms with Crippen molar-refractivity contribution in [3.63, 3.8) is 0 Å². The fourth-order valence-corrected chi connectivity index (χ4v) is 4.25. The normalized spacial score (nSPS) is 22.8. The third-order valence-electron chi connectivity index (χ3n) is 3.47. The van der Waals surface area contributed by atoms with E-state index in [0.717, 1.165) is 6.42 Å². The molecule has 1 aliphatic rings. The Labute approximate surface area is 123 Å². The molecule has 0 aliphatic heterocycles. The van der Waals surface area contributed by atoms with Gasteiger partial charge < -0.3 is 5.73 Å². The van der Waals surface area contributed by atoms with Crippen LogP contribution in [0.5, 0.6) is 0 Å². The van der Waals surface area contributed by atoms with Crippen LogP contribution in [0.2, 0.25) is 10.0 Å². The molecule has 2 rings (SSSR count). The van der Waals surface area contributed by atoms with Crippen LogP contribution in [0.1, 0.15) is 13.3 Å². The zero-order valence-corrected chi connectivity index (χ0v) is 13.1. The van der Waals surface area contributed by atoms with E-state index in [9.17, 15) is 8.42 Å². The van der Waals surface area contributed by atoms with Crippen LogP contribution in [0.4, 0.5) is 5.69 Å². The molecule has 0 heterocycles. The van der Waals surface area contributed by atoms with E-state index in [0.29, 0.717) is 23.4 Å². The number of benzene rings is 1. The monoisotopic (exact) mass is 322 g/mol. The Hall–Kier alpha value is -0.490. The summed E-state index contributed by atoms with van der Waals surface area (Å²) < 4.78 is 26.3. The minimum Gasteiger partial charge on any atom is -0.398 e. The Kier molecular flexibility index (Phi) is 4.02. The fourth-order valence-electron chi connectivity index (χ4n) is 2.09. The Morgan fingerprint density at radius 3 is 2.47 bits per heavy atom. The van der Waals surface area contributed by atoms with E-state index >= 15 is 0 Å². The van der Waals surface area contributed by atoms with Gasteiger partial charge in [0.1, 0.15) is 4.90 Å². The molecule has 2 unspecified atom stereocenters. The highest BCUT2D eigenvalue weighted by Crippen LogP contribution is 2.40. The second kappa shape index (κ2) is 5.13. The van der Waals surface area contributed by atoms with E-state index in [1.807, 2.05) is 0 Å². The predicted molar refractivity (Wildman–Crippen MR) is 78.0 cm³/mol. The van der Waals surface area contributed by atoms with Gasteiger partial charge in [0, 0.05) is 18.6 Å². The van der Waals surface area contributed by atoms with Gasteiger partial charge >= 0.3 is 0 Å². The van der Waals surface area contributed by atoms with Gasteiger partial charge in [0.2, 0.25) is 10.0 Å². The van der Waals surface area contributed by atoms with Crippen molar-refractivity contribution in [3.05, 3.63) is 22.2 Å². The lowest BCUT2D eigenvalue weighted by Gasteiger charge is -2.19. The third kappa shape index (κ3) is 2.99. The molecule has 0 radical (unpaired) electrons. The zero-order chi connectivity index (χ0) is 14.4. The Balaban J connectivity index is 2.33. The van der Waals surface area contributed by atoms with E-state index in [1.165, 1.54) is 16.4 Å². The summed E-state index contributed by atoms with van der Waals surface area (Å²) in [7, 11) is -2.13. The maximum Gasteiger partial charge on any atom is 0.246 e. The van der Waals surface area contributed by atoms with E-state index in [1.54, 1.807) is 7.05 Å². The van der Waals surface area contributed by atoms with Gasteiger partial charge in [-0.25, -0.2) is 12.7 Å². The highest BCUT2D eigenvalue weighted by molar-refractivity contribution is 7.89. The molecule has 1 fully saturated rings. The molecule has 4 nitrogen and oxygen atoms in total. The summed E-state index contributed by atoms with van der Waals surface area (Å²) in [5, 5.41) is 0.376. The van der Waals surface area contributed by atoms with Crippen LogP contribution in [0.25, 0.3) is 0 Å². The van der Waals surface area contributed by atoms with Crippen molar-refractivity contribution in [2.75, 3.05) is 19.3 Å². The van der Waals surface area contributed by atoms with E-state index in [4.69, 9.17) is 28.9 Å². The maximum absolute atomic E-state index is 12.5. The van der Waals surface area contributed by atoms with Crippen LogP contribution in [0.3, 0.4) is 0 Å². The number of nitrogens with zero attached hydrogens (tertiary/aromatic N) is 1. The first-order chi connectivity index (χ1) is 8.73. The SMILES string of the molecule is CC1CC1CN(C)S(=O)(=O)c1c(N)cc(Cl)cc1Cl. The first-order valence-corrected chi connectivity index (χ1v) is 8.14. The first-order valence-electron chi connectivity index (χ1n) is 5.94. The van der Waals surface area contributed by atoms with Crippen molar-refractivity contribution < 1.29 is 8.42 Å². The molecular weight excluding hydrogens is 307 g/mol. The lowest BCUT2D eigenvalue weighted by atomic mass is 10.3. The number of hydrogen-bond donors (Lipinski definition) is 1. The van der Waals surface area contributed by atoms with Crippen molar-refractivity contribution in [3.8, 4) is 0 Å². The van der Waals surface area contributed by atoms with Crippen LogP contribution in [-0.4, -0.2) is 26.3 Å². The molecule has 0 bridgehead atoms. The van der Waals surface area contributed by atoms with E-state index in [2.05, 4.69) is 6.92 Å². The fraction of sp³-hybridized carbons (Fsp3) is 0.500.